The molecule has 1 fully saturated rings. The molecule has 1 saturated heterocycles. The quantitative estimate of drug-likeness (QED) is 0.200. The average molecular weight is 506 g/mol. The van der Waals surface area contributed by atoms with E-state index in [9.17, 15) is 9.46 Å². The molecule has 36 heavy (non-hydrogen) atoms. The predicted octanol–water partition coefficient (Wildman–Crippen LogP) is 7.94. The zero-order valence-electron chi connectivity index (χ0n) is 21.7. The summed E-state index contributed by atoms with van der Waals surface area (Å²) in [7, 11) is -3.54. The van der Waals surface area contributed by atoms with Crippen LogP contribution in [-0.4, -0.2) is 35.1 Å². The van der Waals surface area contributed by atoms with Gasteiger partial charge in [-0.15, -0.1) is 0 Å². The monoisotopic (exact) mass is 505 g/mol. The van der Waals surface area contributed by atoms with Crippen molar-refractivity contribution in [2.24, 2.45) is 0 Å². The van der Waals surface area contributed by atoms with Gasteiger partial charge in [-0.1, -0.05) is 92.9 Å². The second-order valence-corrected chi connectivity index (χ2v) is 12.0. The normalized spacial score (nSPS) is 17.8. The van der Waals surface area contributed by atoms with Crippen molar-refractivity contribution in [2.45, 2.75) is 64.6 Å². The van der Waals surface area contributed by atoms with Gasteiger partial charge in [-0.05, 0) is 72.2 Å². The number of hydrogen-bond acceptors (Lipinski definition) is 3. The highest BCUT2D eigenvalue weighted by Gasteiger charge is 2.37. The first-order valence-corrected chi connectivity index (χ1v) is 15.1. The van der Waals surface area contributed by atoms with Crippen LogP contribution in [0.3, 0.4) is 0 Å². The van der Waals surface area contributed by atoms with Crippen LogP contribution in [0, 0.1) is 0 Å². The fourth-order valence-electron chi connectivity index (χ4n) is 5.18. The summed E-state index contributed by atoms with van der Waals surface area (Å²) >= 11 is 0. The third kappa shape index (κ3) is 6.95. The lowest BCUT2D eigenvalue weighted by Crippen LogP contribution is -2.22. The Labute approximate surface area is 216 Å². The Balaban J connectivity index is 1.53. The van der Waals surface area contributed by atoms with Gasteiger partial charge in [0.25, 0.3) is 0 Å². The fourth-order valence-corrected chi connectivity index (χ4v) is 6.64. The van der Waals surface area contributed by atoms with Gasteiger partial charge >= 0.3 is 7.60 Å². The molecule has 2 unspecified atom stereocenters. The van der Waals surface area contributed by atoms with E-state index in [1.165, 1.54) is 59.1 Å². The summed E-state index contributed by atoms with van der Waals surface area (Å²) in [5, 5.41) is 0. The van der Waals surface area contributed by atoms with Gasteiger partial charge in [0.1, 0.15) is 0 Å². The van der Waals surface area contributed by atoms with Crippen LogP contribution in [0.2, 0.25) is 0 Å². The van der Waals surface area contributed by atoms with Gasteiger partial charge in [-0.25, -0.2) is 0 Å². The molecule has 1 aliphatic heterocycles. The number of likely N-dealkylation sites (tertiary alicyclic amines) is 1. The van der Waals surface area contributed by atoms with Crippen LogP contribution in [0.25, 0.3) is 22.3 Å². The number of unbranched alkanes of at least 4 members (excludes halogenated alkanes) is 3. The molecular formula is C31H40NO3P. The molecule has 0 bridgehead atoms. The van der Waals surface area contributed by atoms with Gasteiger partial charge in [0.15, 0.2) is 0 Å². The molecule has 0 amide bonds. The van der Waals surface area contributed by atoms with Gasteiger partial charge in [0.2, 0.25) is 0 Å². The topological polar surface area (TPSA) is 49.8 Å². The largest absolute Gasteiger partial charge is 0.332 e. The molecular weight excluding hydrogens is 465 g/mol. The smallest absolute Gasteiger partial charge is 0.324 e. The predicted molar refractivity (Wildman–Crippen MR) is 150 cm³/mol. The number of benzene rings is 3. The lowest BCUT2D eigenvalue weighted by Gasteiger charge is -2.20. The molecule has 1 heterocycles. The molecule has 0 spiro atoms. The molecule has 0 saturated carbocycles. The molecule has 0 radical (unpaired) electrons. The summed E-state index contributed by atoms with van der Waals surface area (Å²) in [5.74, 6) is 0. The minimum absolute atomic E-state index is 0.270. The van der Waals surface area contributed by atoms with E-state index in [0.29, 0.717) is 13.0 Å². The van der Waals surface area contributed by atoms with Crippen LogP contribution in [0.4, 0.5) is 0 Å². The SMILES string of the molecule is CCCCCCc1ccc(-c2ccc(CN3CCC(P(=O)(O)OCC)C3)cc2-c2ccccc2)cc1. The van der Waals surface area contributed by atoms with E-state index in [1.807, 2.05) is 0 Å². The van der Waals surface area contributed by atoms with Gasteiger partial charge in [0.05, 0.1) is 12.3 Å². The Morgan fingerprint density at radius 1 is 0.889 bits per heavy atom. The first kappa shape index (κ1) is 26.8. The molecule has 3 aromatic rings. The Morgan fingerprint density at radius 2 is 1.61 bits per heavy atom. The van der Waals surface area contributed by atoms with Gasteiger partial charge in [-0.2, -0.15) is 0 Å². The zero-order chi connectivity index (χ0) is 25.4. The van der Waals surface area contributed by atoms with E-state index in [1.54, 1.807) is 6.92 Å². The minimum Gasteiger partial charge on any atom is -0.324 e. The zero-order valence-corrected chi connectivity index (χ0v) is 22.6. The third-order valence-electron chi connectivity index (χ3n) is 7.18. The van der Waals surface area contributed by atoms with Crippen molar-refractivity contribution < 1.29 is 14.0 Å². The fraction of sp³-hybridized carbons (Fsp3) is 0.419. The second kappa shape index (κ2) is 12.8. The summed E-state index contributed by atoms with van der Waals surface area (Å²) in [6, 6.07) is 26.4. The van der Waals surface area contributed by atoms with Crippen LogP contribution in [0.5, 0.6) is 0 Å². The van der Waals surface area contributed by atoms with Gasteiger partial charge < -0.3 is 9.42 Å². The standard InChI is InChI=1S/C31H40NO3P/c1-3-5-6-8-11-25-14-17-28(18-15-25)30-19-16-26(22-31(30)27-12-9-7-10-13-27)23-32-21-20-29(24-32)36(33,34)35-4-2/h7,9-10,12-19,22,29H,3-6,8,11,20-21,23-24H2,1-2H3,(H,33,34). The summed E-state index contributed by atoms with van der Waals surface area (Å²) in [4.78, 5) is 12.5. The van der Waals surface area contributed by atoms with Crippen LogP contribution >= 0.6 is 7.60 Å². The van der Waals surface area contributed by atoms with E-state index in [0.717, 1.165) is 19.5 Å². The molecule has 4 nitrogen and oxygen atoms in total. The lowest BCUT2D eigenvalue weighted by molar-refractivity contribution is 0.260. The van der Waals surface area contributed by atoms with Crippen molar-refractivity contribution in [3.05, 3.63) is 83.9 Å². The maximum absolute atomic E-state index is 12.5. The highest BCUT2D eigenvalue weighted by molar-refractivity contribution is 7.53. The Hall–Kier alpha value is -2.23. The summed E-state index contributed by atoms with van der Waals surface area (Å²) in [5.41, 5.74) is 7.22. The van der Waals surface area contributed by atoms with E-state index < -0.39 is 7.60 Å². The van der Waals surface area contributed by atoms with Gasteiger partial charge in [-0.3, -0.25) is 9.46 Å². The van der Waals surface area contributed by atoms with Crippen LogP contribution in [0.15, 0.2) is 72.8 Å². The molecule has 192 valence electrons. The number of aryl methyl sites for hydroxylation is 1. The Kier molecular flexibility index (Phi) is 9.56. The lowest BCUT2D eigenvalue weighted by atomic mass is 9.92. The minimum atomic E-state index is -3.54. The first-order chi connectivity index (χ1) is 17.5. The Morgan fingerprint density at radius 3 is 2.33 bits per heavy atom. The van der Waals surface area contributed by atoms with E-state index in [-0.39, 0.29) is 12.3 Å². The number of hydrogen-bond donors (Lipinski definition) is 1. The van der Waals surface area contributed by atoms with E-state index in [4.69, 9.17) is 4.52 Å². The highest BCUT2D eigenvalue weighted by atomic mass is 31.2. The molecule has 1 N–H and O–H groups in total. The van der Waals surface area contributed by atoms with Crippen LogP contribution < -0.4 is 0 Å². The van der Waals surface area contributed by atoms with Gasteiger partial charge in [0, 0.05) is 13.1 Å². The highest BCUT2D eigenvalue weighted by Crippen LogP contribution is 2.51. The Bertz CT molecular complexity index is 1150. The maximum Gasteiger partial charge on any atom is 0.332 e. The van der Waals surface area contributed by atoms with Crippen molar-refractivity contribution in [1.29, 1.82) is 0 Å². The molecule has 0 aliphatic carbocycles. The molecule has 4 rings (SSSR count). The maximum atomic E-state index is 12.5. The molecule has 5 heteroatoms. The number of nitrogens with zero attached hydrogens (tertiary/aromatic N) is 1. The molecule has 0 aromatic heterocycles. The first-order valence-electron chi connectivity index (χ1n) is 13.5. The van der Waals surface area contributed by atoms with Crippen LogP contribution in [0.1, 0.15) is 57.1 Å². The van der Waals surface area contributed by atoms with Crippen LogP contribution in [-0.2, 0) is 22.1 Å². The molecule has 3 aromatic carbocycles. The summed E-state index contributed by atoms with van der Waals surface area (Å²) < 4.78 is 17.7. The summed E-state index contributed by atoms with van der Waals surface area (Å²) in [6.07, 6.45) is 6.98. The number of rotatable bonds is 12. The van der Waals surface area contributed by atoms with Crippen molar-refractivity contribution >= 4 is 7.60 Å². The molecule has 1 aliphatic rings. The van der Waals surface area contributed by atoms with E-state index in [2.05, 4.69) is 84.6 Å². The summed E-state index contributed by atoms with van der Waals surface area (Å²) in [6.45, 7) is 6.46. The average Bonchev–Trinajstić information content (AvgIpc) is 3.37. The van der Waals surface area contributed by atoms with Crippen molar-refractivity contribution in [1.82, 2.24) is 4.90 Å². The molecule has 2 atom stereocenters. The van der Waals surface area contributed by atoms with E-state index >= 15 is 0 Å². The van der Waals surface area contributed by atoms with Crippen molar-refractivity contribution in [2.75, 3.05) is 19.7 Å². The third-order valence-corrected chi connectivity index (χ3v) is 9.15. The van der Waals surface area contributed by atoms with Crippen molar-refractivity contribution in [3.8, 4) is 22.3 Å². The van der Waals surface area contributed by atoms with Crippen molar-refractivity contribution in [3.63, 3.8) is 0 Å². The second-order valence-electron chi connectivity index (χ2n) is 9.91.